The summed E-state index contributed by atoms with van der Waals surface area (Å²) in [6.07, 6.45) is 3.19. The molecule has 1 unspecified atom stereocenters. The van der Waals surface area contributed by atoms with Gasteiger partial charge in [-0.25, -0.2) is 28.1 Å². The van der Waals surface area contributed by atoms with Crippen molar-refractivity contribution in [1.29, 1.82) is 5.26 Å². The molecule has 2 fully saturated rings. The lowest BCUT2D eigenvalue weighted by atomic mass is 9.88. The van der Waals surface area contributed by atoms with Gasteiger partial charge in [0.25, 0.3) is 0 Å². The van der Waals surface area contributed by atoms with Crippen LogP contribution in [0.3, 0.4) is 0 Å². The maximum Gasteiger partial charge on any atom is 0.172 e. The molecule has 1 aromatic carbocycles. The lowest BCUT2D eigenvalue weighted by Crippen LogP contribution is -2.36. The number of halogens is 3. The van der Waals surface area contributed by atoms with Crippen LogP contribution in [0.2, 0.25) is 0 Å². The first-order chi connectivity index (χ1) is 15.5. The standard InChI is InChI=1S/C23H21F3N6/c24-14-1-4-17(18(25)9-14)21(26)13-5-7-32(8-6-13)23-22(29-15-2-3-15)30-19-10-16(11-27)28-12-20(19)31-23/h1,4,9-10,12-13,15,21H,2-3,5-8H2,(H,29,30). The molecule has 2 aliphatic rings. The third kappa shape index (κ3) is 4.05. The number of nitrogens with zero attached hydrogens (tertiary/aromatic N) is 5. The summed E-state index contributed by atoms with van der Waals surface area (Å²) in [6.45, 7) is 1.08. The number of nitriles is 1. The molecular weight excluding hydrogens is 417 g/mol. The number of nitrogens with one attached hydrogen (secondary N) is 1. The minimum atomic E-state index is -1.49. The van der Waals surface area contributed by atoms with Gasteiger partial charge in [0.15, 0.2) is 11.6 Å². The quantitative estimate of drug-likeness (QED) is 0.624. The third-order valence-corrected chi connectivity index (χ3v) is 6.08. The van der Waals surface area contributed by atoms with Gasteiger partial charge in [0.1, 0.15) is 35.1 Å². The average molecular weight is 438 g/mol. The summed E-state index contributed by atoms with van der Waals surface area (Å²) in [4.78, 5) is 15.6. The van der Waals surface area contributed by atoms with Gasteiger partial charge < -0.3 is 10.2 Å². The van der Waals surface area contributed by atoms with Crippen LogP contribution in [-0.4, -0.2) is 34.1 Å². The zero-order valence-corrected chi connectivity index (χ0v) is 17.2. The smallest absolute Gasteiger partial charge is 0.172 e. The molecule has 9 heteroatoms. The van der Waals surface area contributed by atoms with E-state index in [4.69, 9.17) is 15.2 Å². The van der Waals surface area contributed by atoms with Gasteiger partial charge in [-0.2, -0.15) is 5.26 Å². The molecule has 1 aliphatic heterocycles. The van der Waals surface area contributed by atoms with Crippen LogP contribution in [0.5, 0.6) is 0 Å². The van der Waals surface area contributed by atoms with Crippen molar-refractivity contribution in [3.63, 3.8) is 0 Å². The first-order valence-corrected chi connectivity index (χ1v) is 10.7. The zero-order chi connectivity index (χ0) is 22.2. The molecule has 3 aromatic rings. The van der Waals surface area contributed by atoms with Gasteiger partial charge >= 0.3 is 0 Å². The van der Waals surface area contributed by atoms with E-state index in [0.29, 0.717) is 54.6 Å². The molecule has 5 rings (SSSR count). The number of alkyl halides is 1. The molecule has 2 aromatic heterocycles. The number of fused-ring (bicyclic) bond motifs is 1. The molecule has 0 spiro atoms. The molecule has 1 N–H and O–H groups in total. The Morgan fingerprint density at radius 3 is 2.53 bits per heavy atom. The van der Waals surface area contributed by atoms with Crippen molar-refractivity contribution in [2.75, 3.05) is 23.3 Å². The fourth-order valence-corrected chi connectivity index (χ4v) is 4.13. The van der Waals surface area contributed by atoms with E-state index in [9.17, 15) is 8.78 Å². The number of benzene rings is 1. The summed E-state index contributed by atoms with van der Waals surface area (Å²) in [5.74, 6) is -0.595. The number of hydrogen-bond donors (Lipinski definition) is 1. The van der Waals surface area contributed by atoms with E-state index < -0.39 is 17.8 Å². The third-order valence-electron chi connectivity index (χ3n) is 6.08. The number of hydrogen-bond acceptors (Lipinski definition) is 6. The molecular formula is C23H21F3N6. The topological polar surface area (TPSA) is 77.7 Å². The Morgan fingerprint density at radius 1 is 1.06 bits per heavy atom. The molecule has 164 valence electrons. The fourth-order valence-electron chi connectivity index (χ4n) is 4.13. The Labute approximate surface area is 183 Å². The highest BCUT2D eigenvalue weighted by atomic mass is 19.1. The highest BCUT2D eigenvalue weighted by Gasteiger charge is 2.32. The van der Waals surface area contributed by atoms with Crippen LogP contribution >= 0.6 is 0 Å². The number of piperidine rings is 1. The molecule has 1 atom stereocenters. The molecule has 0 radical (unpaired) electrons. The van der Waals surface area contributed by atoms with Crippen molar-refractivity contribution < 1.29 is 13.2 Å². The average Bonchev–Trinajstić information content (AvgIpc) is 3.62. The van der Waals surface area contributed by atoms with E-state index in [2.05, 4.69) is 15.2 Å². The number of aromatic nitrogens is 3. The Hall–Kier alpha value is -3.41. The normalized spacial score (nSPS) is 17.9. The monoisotopic (exact) mass is 438 g/mol. The number of anilines is 2. The van der Waals surface area contributed by atoms with Gasteiger partial charge in [0.05, 0.1) is 11.7 Å². The van der Waals surface area contributed by atoms with Crippen molar-refractivity contribution in [2.24, 2.45) is 5.92 Å². The van der Waals surface area contributed by atoms with E-state index in [0.717, 1.165) is 25.0 Å². The van der Waals surface area contributed by atoms with Crippen LogP contribution in [-0.2, 0) is 0 Å². The lowest BCUT2D eigenvalue weighted by molar-refractivity contribution is 0.193. The minimum absolute atomic E-state index is 0.0918. The fraction of sp³-hybridized carbons (Fsp3) is 0.391. The van der Waals surface area contributed by atoms with Gasteiger partial charge in [-0.15, -0.1) is 0 Å². The maximum atomic E-state index is 15.0. The molecule has 32 heavy (non-hydrogen) atoms. The summed E-state index contributed by atoms with van der Waals surface area (Å²) in [7, 11) is 0. The van der Waals surface area contributed by atoms with E-state index in [-0.39, 0.29) is 17.2 Å². The molecule has 6 nitrogen and oxygen atoms in total. The highest BCUT2D eigenvalue weighted by molar-refractivity contribution is 5.80. The van der Waals surface area contributed by atoms with Crippen LogP contribution in [0.1, 0.15) is 43.1 Å². The van der Waals surface area contributed by atoms with Gasteiger partial charge in [-0.05, 0) is 37.7 Å². The summed E-state index contributed by atoms with van der Waals surface area (Å²) < 4.78 is 42.2. The van der Waals surface area contributed by atoms with E-state index in [1.807, 2.05) is 6.07 Å². The van der Waals surface area contributed by atoms with Crippen LogP contribution < -0.4 is 10.2 Å². The van der Waals surface area contributed by atoms with Crippen LogP contribution in [0.4, 0.5) is 24.8 Å². The summed E-state index contributed by atoms with van der Waals surface area (Å²) >= 11 is 0. The second kappa shape index (κ2) is 8.26. The van der Waals surface area contributed by atoms with Crippen molar-refractivity contribution >= 4 is 22.7 Å². The Kier molecular flexibility index (Phi) is 5.29. The van der Waals surface area contributed by atoms with Crippen LogP contribution in [0.25, 0.3) is 11.0 Å². The lowest BCUT2D eigenvalue weighted by Gasteiger charge is -2.35. The van der Waals surface area contributed by atoms with Gasteiger partial charge in [0.2, 0.25) is 0 Å². The first-order valence-electron chi connectivity index (χ1n) is 10.7. The number of rotatable bonds is 5. The largest absolute Gasteiger partial charge is 0.364 e. The molecule has 1 saturated carbocycles. The second-order valence-corrected chi connectivity index (χ2v) is 8.38. The predicted octanol–water partition coefficient (Wildman–Crippen LogP) is 4.68. The Morgan fingerprint density at radius 2 is 1.84 bits per heavy atom. The van der Waals surface area contributed by atoms with Crippen molar-refractivity contribution in [2.45, 2.75) is 37.9 Å². The summed E-state index contributed by atoms with van der Waals surface area (Å²) in [5.41, 5.74) is 1.36. The number of pyridine rings is 1. The predicted molar refractivity (Wildman–Crippen MR) is 114 cm³/mol. The summed E-state index contributed by atoms with van der Waals surface area (Å²) in [5, 5.41) is 12.5. The minimum Gasteiger partial charge on any atom is -0.364 e. The van der Waals surface area contributed by atoms with E-state index in [1.165, 1.54) is 12.3 Å². The Bertz CT molecular complexity index is 1200. The summed E-state index contributed by atoms with van der Waals surface area (Å²) in [6, 6.07) is 6.99. The van der Waals surface area contributed by atoms with Crippen molar-refractivity contribution in [3.05, 3.63) is 53.4 Å². The van der Waals surface area contributed by atoms with Gasteiger partial charge in [-0.1, -0.05) is 6.07 Å². The van der Waals surface area contributed by atoms with Crippen molar-refractivity contribution in [1.82, 2.24) is 15.0 Å². The van der Waals surface area contributed by atoms with Gasteiger partial charge in [-0.3, -0.25) is 0 Å². The zero-order valence-electron chi connectivity index (χ0n) is 17.2. The highest BCUT2D eigenvalue weighted by Crippen LogP contribution is 2.38. The molecule has 3 heterocycles. The molecule has 1 aliphatic carbocycles. The molecule has 0 bridgehead atoms. The van der Waals surface area contributed by atoms with Crippen LogP contribution in [0, 0.1) is 28.9 Å². The Balaban J connectivity index is 1.37. The van der Waals surface area contributed by atoms with E-state index >= 15 is 4.39 Å². The van der Waals surface area contributed by atoms with E-state index in [1.54, 1.807) is 6.07 Å². The second-order valence-electron chi connectivity index (χ2n) is 8.38. The SMILES string of the molecule is N#Cc1cc2nc(NC3CC3)c(N3CCC(C(F)c4ccc(F)cc4F)CC3)nc2cn1. The van der Waals surface area contributed by atoms with Crippen molar-refractivity contribution in [3.8, 4) is 6.07 Å². The molecule has 1 saturated heterocycles. The maximum absolute atomic E-state index is 15.0. The van der Waals surface area contributed by atoms with Crippen LogP contribution in [0.15, 0.2) is 30.5 Å². The first kappa shape index (κ1) is 20.5. The molecule has 0 amide bonds. The van der Waals surface area contributed by atoms with Gasteiger partial charge in [0, 0.05) is 36.8 Å².